The van der Waals surface area contributed by atoms with Crippen LogP contribution in [0.3, 0.4) is 0 Å². The Morgan fingerprint density at radius 2 is 1.68 bits per heavy atom. The smallest absolute Gasteiger partial charge is 0.296 e. The van der Waals surface area contributed by atoms with Crippen molar-refractivity contribution in [3.8, 4) is 0 Å². The highest BCUT2D eigenvalue weighted by molar-refractivity contribution is 8.00. The fourth-order valence-corrected chi connectivity index (χ4v) is 7.20. The third kappa shape index (κ3) is 4.54. The van der Waals surface area contributed by atoms with E-state index in [1.165, 1.54) is 33.8 Å². The Morgan fingerprint density at radius 1 is 0.919 bits per heavy atom. The Morgan fingerprint density at radius 3 is 2.43 bits per heavy atom. The molecule has 0 spiro atoms. The van der Waals surface area contributed by atoms with Gasteiger partial charge in [-0.2, -0.15) is 0 Å². The molecular formula is C28H22N4O2S3. The van der Waals surface area contributed by atoms with Gasteiger partial charge in [-0.25, -0.2) is 4.98 Å². The lowest BCUT2D eigenvalue weighted by atomic mass is 9.98. The number of carbonyl (C=O) groups is 1. The van der Waals surface area contributed by atoms with Crippen molar-refractivity contribution in [1.29, 1.82) is 0 Å². The van der Waals surface area contributed by atoms with Gasteiger partial charge in [0.25, 0.3) is 5.91 Å². The number of amides is 1. The molecule has 5 aromatic rings. The van der Waals surface area contributed by atoms with Gasteiger partial charge in [0, 0.05) is 5.75 Å². The molecule has 0 saturated carbocycles. The third-order valence-corrected chi connectivity index (χ3v) is 9.44. The van der Waals surface area contributed by atoms with Gasteiger partial charge < -0.3 is 5.11 Å². The minimum absolute atomic E-state index is 0.294. The summed E-state index contributed by atoms with van der Waals surface area (Å²) < 4.78 is 1.76. The quantitative estimate of drug-likeness (QED) is 0.175. The van der Waals surface area contributed by atoms with Crippen molar-refractivity contribution in [1.82, 2.24) is 15.2 Å². The summed E-state index contributed by atoms with van der Waals surface area (Å²) in [5.41, 5.74) is 4.61. The number of nitrogens with zero attached hydrogens (tertiary/aromatic N) is 4. The monoisotopic (exact) mass is 542 g/mol. The summed E-state index contributed by atoms with van der Waals surface area (Å²) in [7, 11) is 0. The van der Waals surface area contributed by atoms with Crippen molar-refractivity contribution < 1.29 is 9.90 Å². The van der Waals surface area contributed by atoms with Crippen molar-refractivity contribution >= 4 is 61.3 Å². The summed E-state index contributed by atoms with van der Waals surface area (Å²) in [6.07, 6.45) is 0.914. The molecule has 1 aliphatic rings. The number of hydrogen-bond acceptors (Lipinski definition) is 8. The predicted octanol–water partition coefficient (Wildman–Crippen LogP) is 7.06. The maximum absolute atomic E-state index is 13.5. The normalized spacial score (nSPS) is 15.8. The summed E-state index contributed by atoms with van der Waals surface area (Å²) in [4.78, 5) is 19.9. The molecule has 6 rings (SSSR count). The molecule has 1 atom stereocenters. The van der Waals surface area contributed by atoms with Crippen LogP contribution in [0.1, 0.15) is 34.7 Å². The van der Waals surface area contributed by atoms with E-state index >= 15 is 0 Å². The van der Waals surface area contributed by atoms with E-state index < -0.39 is 11.9 Å². The van der Waals surface area contributed by atoms with Crippen LogP contribution in [-0.2, 0) is 17.0 Å². The maximum Gasteiger partial charge on any atom is 0.296 e. The van der Waals surface area contributed by atoms with Gasteiger partial charge in [-0.05, 0) is 35.2 Å². The highest BCUT2D eigenvalue weighted by atomic mass is 32.2. The summed E-state index contributed by atoms with van der Waals surface area (Å²) in [6, 6.07) is 25.6. The molecular weight excluding hydrogens is 521 g/mol. The van der Waals surface area contributed by atoms with Gasteiger partial charge in [-0.15, -0.1) is 21.5 Å². The zero-order valence-electron chi connectivity index (χ0n) is 19.9. The van der Waals surface area contributed by atoms with Crippen molar-refractivity contribution in [2.24, 2.45) is 0 Å². The van der Waals surface area contributed by atoms with Crippen molar-refractivity contribution in [2.75, 3.05) is 4.90 Å². The Labute approximate surface area is 226 Å². The number of benzene rings is 3. The first-order chi connectivity index (χ1) is 18.1. The summed E-state index contributed by atoms with van der Waals surface area (Å²) in [5, 5.41) is 21.0. The number of aromatic nitrogens is 3. The molecule has 0 fully saturated rings. The van der Waals surface area contributed by atoms with Crippen LogP contribution < -0.4 is 4.90 Å². The molecule has 1 aliphatic heterocycles. The van der Waals surface area contributed by atoms with Crippen LogP contribution in [-0.4, -0.2) is 26.2 Å². The average Bonchev–Trinajstić information content (AvgIpc) is 3.64. The molecule has 0 aliphatic carbocycles. The molecule has 0 radical (unpaired) electrons. The summed E-state index contributed by atoms with van der Waals surface area (Å²) >= 11 is 4.40. The number of thiazole rings is 1. The molecule has 3 heterocycles. The zero-order valence-corrected chi connectivity index (χ0v) is 22.3. The lowest BCUT2D eigenvalue weighted by Gasteiger charge is -2.24. The Balaban J connectivity index is 1.39. The third-order valence-electron chi connectivity index (χ3n) is 6.24. The number of rotatable bonds is 7. The zero-order chi connectivity index (χ0) is 25.4. The van der Waals surface area contributed by atoms with Gasteiger partial charge in [0.1, 0.15) is 5.01 Å². The largest absolute Gasteiger partial charge is 0.503 e. The number of aliphatic hydroxyl groups is 1. The highest BCUT2D eigenvalue weighted by Gasteiger charge is 2.44. The maximum atomic E-state index is 13.5. The van der Waals surface area contributed by atoms with Gasteiger partial charge in [0.05, 0.1) is 21.8 Å². The van der Waals surface area contributed by atoms with E-state index in [9.17, 15) is 9.90 Å². The van der Waals surface area contributed by atoms with E-state index in [4.69, 9.17) is 4.98 Å². The number of thioether (sulfide) groups is 1. The predicted molar refractivity (Wildman–Crippen MR) is 151 cm³/mol. The van der Waals surface area contributed by atoms with E-state index in [-0.39, 0.29) is 5.76 Å². The second kappa shape index (κ2) is 10.1. The molecule has 184 valence electrons. The van der Waals surface area contributed by atoms with Crippen LogP contribution >= 0.6 is 34.4 Å². The average molecular weight is 543 g/mol. The summed E-state index contributed by atoms with van der Waals surface area (Å²) in [6.45, 7) is 2.11. The molecule has 3 aromatic carbocycles. The Hall–Kier alpha value is -3.53. The molecule has 9 heteroatoms. The topological polar surface area (TPSA) is 79.2 Å². The second-order valence-electron chi connectivity index (χ2n) is 8.55. The minimum atomic E-state index is -0.557. The lowest BCUT2D eigenvalue weighted by Crippen LogP contribution is -2.30. The molecule has 0 saturated heterocycles. The number of fused-ring (bicyclic) bond motifs is 1. The van der Waals surface area contributed by atoms with Crippen LogP contribution in [0.2, 0.25) is 0 Å². The van der Waals surface area contributed by atoms with Crippen LogP contribution in [0.15, 0.2) is 89.0 Å². The van der Waals surface area contributed by atoms with Gasteiger partial charge in [-0.1, -0.05) is 96.8 Å². The van der Waals surface area contributed by atoms with E-state index in [0.29, 0.717) is 15.7 Å². The van der Waals surface area contributed by atoms with Crippen LogP contribution in [0, 0.1) is 0 Å². The first-order valence-corrected chi connectivity index (χ1v) is 14.5. The molecule has 0 unspecified atom stereocenters. The number of para-hydroxylation sites is 1. The van der Waals surface area contributed by atoms with Crippen molar-refractivity contribution in [3.63, 3.8) is 0 Å². The van der Waals surface area contributed by atoms with E-state index in [0.717, 1.165) is 32.3 Å². The first kappa shape index (κ1) is 23.8. The van der Waals surface area contributed by atoms with Crippen LogP contribution in [0.25, 0.3) is 15.8 Å². The van der Waals surface area contributed by atoms with Gasteiger partial charge >= 0.3 is 0 Å². The lowest BCUT2D eigenvalue weighted by molar-refractivity contribution is -0.117. The Bertz CT molecular complexity index is 1580. The van der Waals surface area contributed by atoms with Crippen LogP contribution in [0.5, 0.6) is 0 Å². The molecule has 6 nitrogen and oxygen atoms in total. The standard InChI is InChI=1S/C28H22N4O2S3/c1-2-17-12-14-19(15-13-17)23-22(25-29-20-10-6-7-11-21(20)36-25)24(33)26(34)32(23)27-30-31-28(37-27)35-16-18-8-4-3-5-9-18/h3-15,23,33H,2,16H2,1H3/t23-/m1/s1. The molecule has 37 heavy (non-hydrogen) atoms. The highest BCUT2D eigenvalue weighted by Crippen LogP contribution is 2.48. The van der Waals surface area contributed by atoms with Crippen molar-refractivity contribution in [3.05, 3.63) is 106 Å². The van der Waals surface area contributed by atoms with Crippen LogP contribution in [0.4, 0.5) is 5.13 Å². The summed E-state index contributed by atoms with van der Waals surface area (Å²) in [5.74, 6) is -0.0295. The minimum Gasteiger partial charge on any atom is -0.503 e. The van der Waals surface area contributed by atoms with Gasteiger partial charge in [0.15, 0.2) is 10.1 Å². The fraction of sp³-hybridized carbons (Fsp3) is 0.143. The number of hydrogen-bond donors (Lipinski definition) is 1. The fourth-order valence-electron chi connectivity index (χ4n) is 4.34. The first-order valence-electron chi connectivity index (χ1n) is 11.8. The Kier molecular flexibility index (Phi) is 6.50. The van der Waals surface area contributed by atoms with E-state index in [1.807, 2.05) is 54.6 Å². The van der Waals surface area contributed by atoms with E-state index in [1.54, 1.807) is 16.7 Å². The van der Waals surface area contributed by atoms with E-state index in [2.05, 4.69) is 41.4 Å². The number of aliphatic hydroxyl groups excluding tert-OH is 1. The number of carbonyl (C=O) groups excluding carboxylic acids is 1. The molecule has 1 N–H and O–H groups in total. The number of anilines is 1. The van der Waals surface area contributed by atoms with Gasteiger partial charge in [-0.3, -0.25) is 9.69 Å². The van der Waals surface area contributed by atoms with Gasteiger partial charge in [0.2, 0.25) is 5.13 Å². The molecule has 2 aromatic heterocycles. The molecule has 0 bridgehead atoms. The second-order valence-corrected chi connectivity index (χ2v) is 11.8. The molecule has 1 amide bonds. The SMILES string of the molecule is CCc1ccc([C@@H]2C(c3nc4ccccc4s3)=C(O)C(=O)N2c2nnc(SCc3ccccc3)s2)cc1. The van der Waals surface area contributed by atoms with Crippen molar-refractivity contribution in [2.45, 2.75) is 29.5 Å². The number of aryl methyl sites for hydroxylation is 1.